The molecule has 0 radical (unpaired) electrons. The average Bonchev–Trinajstić information content (AvgIpc) is 3.38. The van der Waals surface area contributed by atoms with Gasteiger partial charge >= 0.3 is 0 Å². The minimum Gasteiger partial charge on any atom is -0.458 e. The van der Waals surface area contributed by atoms with E-state index >= 15 is 0 Å². The summed E-state index contributed by atoms with van der Waals surface area (Å²) in [6.07, 6.45) is 2.11. The van der Waals surface area contributed by atoms with E-state index in [2.05, 4.69) is 126 Å². The zero-order valence-corrected chi connectivity index (χ0v) is 20.8. The highest BCUT2D eigenvalue weighted by Gasteiger charge is 2.26. The molecule has 6 aromatic rings. The van der Waals surface area contributed by atoms with Crippen LogP contribution in [-0.2, 0) is 6.54 Å². The van der Waals surface area contributed by atoms with Crippen LogP contribution in [0.3, 0.4) is 0 Å². The van der Waals surface area contributed by atoms with Gasteiger partial charge in [0.1, 0.15) is 11.3 Å². The molecule has 2 heterocycles. The summed E-state index contributed by atoms with van der Waals surface area (Å²) in [6.45, 7) is 0.668. The maximum absolute atomic E-state index is 6.27. The van der Waals surface area contributed by atoms with Gasteiger partial charge in [-0.05, 0) is 52.6 Å². The van der Waals surface area contributed by atoms with E-state index in [0.717, 1.165) is 39.4 Å². The molecule has 0 saturated carbocycles. The lowest BCUT2D eigenvalue weighted by Gasteiger charge is -2.30. The lowest BCUT2D eigenvalue weighted by atomic mass is 10.0. The van der Waals surface area contributed by atoms with Gasteiger partial charge in [-0.25, -0.2) is 0 Å². The summed E-state index contributed by atoms with van der Waals surface area (Å²) in [6, 6.07) is 46.9. The zero-order chi connectivity index (χ0) is 25.3. The molecule has 182 valence electrons. The molecular weight excluding hydrogens is 464 g/mol. The Balaban J connectivity index is 1.36. The van der Waals surface area contributed by atoms with Crippen molar-refractivity contribution < 1.29 is 4.42 Å². The minimum atomic E-state index is 0.668. The number of rotatable bonds is 5. The second-order valence-electron chi connectivity index (χ2n) is 9.47. The first-order valence-electron chi connectivity index (χ1n) is 12.9. The number of fused-ring (bicyclic) bond motifs is 3. The van der Waals surface area contributed by atoms with E-state index in [0.29, 0.717) is 6.54 Å². The van der Waals surface area contributed by atoms with Crippen LogP contribution in [0.15, 0.2) is 144 Å². The zero-order valence-electron chi connectivity index (χ0n) is 20.8. The lowest BCUT2D eigenvalue weighted by molar-refractivity contribution is 0.531. The predicted molar refractivity (Wildman–Crippen MR) is 157 cm³/mol. The van der Waals surface area contributed by atoms with Gasteiger partial charge in [0.15, 0.2) is 0 Å². The molecule has 0 aliphatic carbocycles. The van der Waals surface area contributed by atoms with Crippen molar-refractivity contribution >= 4 is 28.0 Å². The molecule has 1 aromatic heterocycles. The highest BCUT2D eigenvalue weighted by molar-refractivity contribution is 6.00. The second-order valence-corrected chi connectivity index (χ2v) is 9.47. The van der Waals surface area contributed by atoms with E-state index < -0.39 is 0 Å². The van der Waals surface area contributed by atoms with Gasteiger partial charge in [-0.1, -0.05) is 103 Å². The first kappa shape index (κ1) is 22.2. The van der Waals surface area contributed by atoms with E-state index in [-0.39, 0.29) is 0 Å². The fraction of sp³-hybridized carbons (Fsp3) is 0.0286. The van der Waals surface area contributed by atoms with Crippen molar-refractivity contribution in [2.24, 2.45) is 0 Å². The molecule has 0 spiro atoms. The summed E-state index contributed by atoms with van der Waals surface area (Å²) < 4.78 is 6.27. The van der Waals surface area contributed by atoms with Crippen molar-refractivity contribution in [2.45, 2.75) is 6.54 Å². The van der Waals surface area contributed by atoms with Crippen molar-refractivity contribution in [2.75, 3.05) is 4.90 Å². The molecule has 0 amide bonds. The molecule has 5 aromatic carbocycles. The number of para-hydroxylation sites is 1. The molecule has 0 bridgehead atoms. The maximum Gasteiger partial charge on any atom is 0.135 e. The molecule has 1 aliphatic heterocycles. The van der Waals surface area contributed by atoms with Gasteiger partial charge in [0.05, 0.1) is 17.8 Å². The van der Waals surface area contributed by atoms with Crippen LogP contribution in [-0.4, -0.2) is 0 Å². The van der Waals surface area contributed by atoms with Crippen LogP contribution in [0.4, 0.5) is 11.4 Å². The Labute approximate surface area is 222 Å². The first-order valence-corrected chi connectivity index (χ1v) is 12.9. The summed E-state index contributed by atoms with van der Waals surface area (Å²) in [5.74, 6) is 0.954. The molecule has 1 N–H and O–H groups in total. The van der Waals surface area contributed by atoms with Crippen molar-refractivity contribution in [1.29, 1.82) is 0 Å². The lowest BCUT2D eigenvalue weighted by Crippen LogP contribution is -2.22. The number of nitrogens with zero attached hydrogens (tertiary/aromatic N) is 1. The minimum absolute atomic E-state index is 0.668. The summed E-state index contributed by atoms with van der Waals surface area (Å²) in [5.41, 5.74) is 10.1. The molecule has 3 heteroatoms. The number of hydrogen-bond donors (Lipinski definition) is 1. The van der Waals surface area contributed by atoms with Gasteiger partial charge < -0.3 is 14.6 Å². The standard InChI is InChI=1S/C35H26N2O/c1-3-9-25(10-4-1)27-15-19-29(20-16-27)37(30-21-17-28(18-22-30)26-11-5-2-6-12-26)32-23-36-24-34-35(32)31-13-7-8-14-33(31)38-34/h1-23,36H,24H2. The summed E-state index contributed by atoms with van der Waals surface area (Å²) >= 11 is 0. The molecule has 0 saturated heterocycles. The topological polar surface area (TPSA) is 28.4 Å². The van der Waals surface area contributed by atoms with E-state index in [1.807, 2.05) is 24.3 Å². The quantitative estimate of drug-likeness (QED) is 0.261. The largest absolute Gasteiger partial charge is 0.458 e. The number of furan rings is 1. The first-order chi connectivity index (χ1) is 18.8. The molecular formula is C35H26N2O. The monoisotopic (exact) mass is 490 g/mol. The van der Waals surface area contributed by atoms with Crippen molar-refractivity contribution in [3.63, 3.8) is 0 Å². The van der Waals surface area contributed by atoms with Gasteiger partial charge in [0.2, 0.25) is 0 Å². The Bertz CT molecular complexity index is 1650. The van der Waals surface area contributed by atoms with Gasteiger partial charge in [-0.2, -0.15) is 0 Å². The number of hydrogen-bond acceptors (Lipinski definition) is 3. The predicted octanol–water partition coefficient (Wildman–Crippen LogP) is 9.01. The van der Waals surface area contributed by atoms with Crippen LogP contribution < -0.4 is 10.2 Å². The van der Waals surface area contributed by atoms with Gasteiger partial charge in [-0.3, -0.25) is 0 Å². The highest BCUT2D eigenvalue weighted by Crippen LogP contribution is 2.42. The summed E-state index contributed by atoms with van der Waals surface area (Å²) in [5, 5.41) is 4.58. The summed E-state index contributed by atoms with van der Waals surface area (Å²) in [4.78, 5) is 2.32. The van der Waals surface area contributed by atoms with Crippen molar-refractivity contribution in [1.82, 2.24) is 5.32 Å². The van der Waals surface area contributed by atoms with Crippen LogP contribution in [0.2, 0.25) is 0 Å². The van der Waals surface area contributed by atoms with Crippen LogP contribution in [0.5, 0.6) is 0 Å². The van der Waals surface area contributed by atoms with Crippen LogP contribution in [0.25, 0.3) is 38.9 Å². The molecule has 0 atom stereocenters. The van der Waals surface area contributed by atoms with Gasteiger partial charge in [-0.15, -0.1) is 0 Å². The third kappa shape index (κ3) is 3.95. The fourth-order valence-corrected chi connectivity index (χ4v) is 5.28. The number of anilines is 2. The molecule has 0 unspecified atom stereocenters. The highest BCUT2D eigenvalue weighted by atomic mass is 16.3. The molecule has 1 aliphatic rings. The Hall–Kier alpha value is -5.02. The molecule has 3 nitrogen and oxygen atoms in total. The Morgan fingerprint density at radius 2 is 1.03 bits per heavy atom. The summed E-state index contributed by atoms with van der Waals surface area (Å²) in [7, 11) is 0. The molecule has 7 rings (SSSR count). The van der Waals surface area contributed by atoms with Gasteiger partial charge in [0.25, 0.3) is 0 Å². The van der Waals surface area contributed by atoms with Crippen LogP contribution in [0.1, 0.15) is 11.3 Å². The smallest absolute Gasteiger partial charge is 0.135 e. The van der Waals surface area contributed by atoms with Crippen LogP contribution in [0, 0.1) is 0 Å². The third-order valence-electron chi connectivity index (χ3n) is 7.13. The van der Waals surface area contributed by atoms with E-state index in [1.165, 1.54) is 22.3 Å². The Morgan fingerprint density at radius 3 is 1.61 bits per heavy atom. The maximum atomic E-state index is 6.27. The molecule has 38 heavy (non-hydrogen) atoms. The third-order valence-corrected chi connectivity index (χ3v) is 7.13. The average molecular weight is 491 g/mol. The van der Waals surface area contributed by atoms with Crippen LogP contribution >= 0.6 is 0 Å². The van der Waals surface area contributed by atoms with Crippen molar-refractivity contribution in [3.05, 3.63) is 151 Å². The second kappa shape index (κ2) is 9.45. The Morgan fingerprint density at radius 1 is 0.526 bits per heavy atom. The van der Waals surface area contributed by atoms with E-state index in [1.54, 1.807) is 0 Å². The van der Waals surface area contributed by atoms with Gasteiger partial charge in [0, 0.05) is 23.0 Å². The number of nitrogens with one attached hydrogen (secondary N) is 1. The van der Waals surface area contributed by atoms with E-state index in [4.69, 9.17) is 4.42 Å². The SMILES string of the molecule is C1=C(N(c2ccc(-c3ccccc3)cc2)c2ccc(-c3ccccc3)cc2)c2c(oc3ccccc23)CN1. The Kier molecular flexibility index (Phi) is 5.52. The van der Waals surface area contributed by atoms with E-state index in [9.17, 15) is 0 Å². The fourth-order valence-electron chi connectivity index (χ4n) is 5.28. The normalized spacial score (nSPS) is 12.5. The van der Waals surface area contributed by atoms with Crippen molar-refractivity contribution in [3.8, 4) is 22.3 Å². The number of benzene rings is 5. The molecule has 0 fully saturated rings.